The molecular formula is C19H18F3NO2. The van der Waals surface area contributed by atoms with Crippen LogP contribution in [0.1, 0.15) is 37.4 Å². The lowest BCUT2D eigenvalue weighted by Gasteiger charge is -2.40. The van der Waals surface area contributed by atoms with Crippen LogP contribution in [0.15, 0.2) is 30.3 Å². The topological polar surface area (TPSA) is 49.3 Å². The van der Waals surface area contributed by atoms with Gasteiger partial charge in [-0.3, -0.25) is 0 Å². The van der Waals surface area contributed by atoms with Gasteiger partial charge in [-0.2, -0.15) is 0 Å². The standard InChI is InChI=1S/C19H18F3NO2/c1-19(2)8-7-11-9-10(3-4-13(11)17(19)23-18(24)25)12-5-6-14(20)16(22)15(12)21/h3-6,9,17,23H,7-8H2,1-2H3,(H,24,25)/t17-/m1/s1. The van der Waals surface area contributed by atoms with Crippen molar-refractivity contribution in [2.75, 3.05) is 0 Å². The van der Waals surface area contributed by atoms with E-state index in [4.69, 9.17) is 5.11 Å². The van der Waals surface area contributed by atoms with E-state index in [0.29, 0.717) is 12.0 Å². The van der Waals surface area contributed by atoms with Gasteiger partial charge in [-0.1, -0.05) is 32.0 Å². The van der Waals surface area contributed by atoms with Crippen LogP contribution in [0.4, 0.5) is 18.0 Å². The SMILES string of the molecule is CC1(C)CCc2cc(-c3ccc(F)c(F)c3F)ccc2[C@H]1NC(=O)O. The number of aryl methyl sites for hydroxylation is 1. The fourth-order valence-corrected chi connectivity index (χ4v) is 3.44. The molecule has 6 heteroatoms. The molecule has 0 aromatic heterocycles. The van der Waals surface area contributed by atoms with Crippen LogP contribution < -0.4 is 5.32 Å². The number of carbonyl (C=O) groups is 1. The second-order valence-electron chi connectivity index (χ2n) is 7.01. The largest absolute Gasteiger partial charge is 0.465 e. The molecule has 0 fully saturated rings. The second kappa shape index (κ2) is 6.10. The van der Waals surface area contributed by atoms with E-state index in [1.807, 2.05) is 13.8 Å². The van der Waals surface area contributed by atoms with Gasteiger partial charge in [-0.05, 0) is 47.1 Å². The number of carboxylic acid groups (broad SMARTS) is 1. The molecule has 1 aliphatic rings. The highest BCUT2D eigenvalue weighted by atomic mass is 19.2. The van der Waals surface area contributed by atoms with Crippen LogP contribution >= 0.6 is 0 Å². The minimum Gasteiger partial charge on any atom is -0.465 e. The number of rotatable bonds is 2. The van der Waals surface area contributed by atoms with Gasteiger partial charge < -0.3 is 10.4 Å². The third kappa shape index (κ3) is 3.08. The average molecular weight is 349 g/mol. The molecule has 0 saturated heterocycles. The molecule has 132 valence electrons. The zero-order valence-electron chi connectivity index (χ0n) is 13.9. The van der Waals surface area contributed by atoms with Gasteiger partial charge in [0.1, 0.15) is 0 Å². The summed E-state index contributed by atoms with van der Waals surface area (Å²) in [5.74, 6) is -3.95. The van der Waals surface area contributed by atoms with Gasteiger partial charge in [0.05, 0.1) is 6.04 Å². The van der Waals surface area contributed by atoms with Gasteiger partial charge in [-0.15, -0.1) is 0 Å². The molecule has 0 unspecified atom stereocenters. The number of nitrogens with one attached hydrogen (secondary N) is 1. The lowest BCUT2D eigenvalue weighted by atomic mass is 9.70. The third-order valence-corrected chi connectivity index (χ3v) is 4.89. The highest BCUT2D eigenvalue weighted by molar-refractivity contribution is 5.68. The van der Waals surface area contributed by atoms with Gasteiger partial charge in [0.2, 0.25) is 0 Å². The van der Waals surface area contributed by atoms with Gasteiger partial charge in [0.25, 0.3) is 0 Å². The molecule has 1 amide bonds. The van der Waals surface area contributed by atoms with Crippen molar-refractivity contribution in [2.24, 2.45) is 5.41 Å². The van der Waals surface area contributed by atoms with E-state index in [1.165, 1.54) is 6.07 Å². The van der Waals surface area contributed by atoms with Crippen LogP contribution in [0.3, 0.4) is 0 Å². The van der Waals surface area contributed by atoms with E-state index in [-0.39, 0.29) is 11.0 Å². The summed E-state index contributed by atoms with van der Waals surface area (Å²) >= 11 is 0. The lowest BCUT2D eigenvalue weighted by Crippen LogP contribution is -2.40. The first-order chi connectivity index (χ1) is 11.7. The fraction of sp³-hybridized carbons (Fsp3) is 0.316. The number of hydrogen-bond donors (Lipinski definition) is 2. The Hall–Kier alpha value is -2.50. The van der Waals surface area contributed by atoms with Crippen LogP contribution in [0, 0.1) is 22.9 Å². The first-order valence-electron chi connectivity index (χ1n) is 7.97. The van der Waals surface area contributed by atoms with Crippen LogP contribution in [0.2, 0.25) is 0 Å². The van der Waals surface area contributed by atoms with Crippen molar-refractivity contribution >= 4 is 6.09 Å². The normalized spacial score (nSPS) is 18.5. The Morgan fingerprint density at radius 1 is 1.16 bits per heavy atom. The molecule has 2 N–H and O–H groups in total. The molecule has 1 aliphatic carbocycles. The first kappa shape index (κ1) is 17.3. The monoisotopic (exact) mass is 349 g/mol. The van der Waals surface area contributed by atoms with Gasteiger partial charge in [0, 0.05) is 5.56 Å². The molecule has 3 nitrogen and oxygen atoms in total. The Kier molecular flexibility index (Phi) is 4.22. The Balaban J connectivity index is 2.06. The number of hydrogen-bond acceptors (Lipinski definition) is 1. The molecule has 0 spiro atoms. The van der Waals surface area contributed by atoms with Crippen LogP contribution in [0.5, 0.6) is 0 Å². The van der Waals surface area contributed by atoms with E-state index in [0.717, 1.165) is 23.6 Å². The molecule has 25 heavy (non-hydrogen) atoms. The summed E-state index contributed by atoms with van der Waals surface area (Å²) in [6.07, 6.45) is 0.329. The average Bonchev–Trinajstić information content (AvgIpc) is 2.55. The Labute approximate surface area is 143 Å². The molecule has 0 saturated carbocycles. The molecule has 0 heterocycles. The summed E-state index contributed by atoms with van der Waals surface area (Å²) in [5.41, 5.74) is 1.85. The number of benzene rings is 2. The molecule has 1 atom stereocenters. The van der Waals surface area contributed by atoms with E-state index in [2.05, 4.69) is 5.32 Å². The summed E-state index contributed by atoms with van der Waals surface area (Å²) in [5, 5.41) is 11.7. The molecule has 0 radical (unpaired) electrons. The summed E-state index contributed by atoms with van der Waals surface area (Å²) < 4.78 is 40.7. The maximum absolute atomic E-state index is 14.0. The number of fused-ring (bicyclic) bond motifs is 1. The van der Waals surface area contributed by atoms with Gasteiger partial charge in [-0.25, -0.2) is 18.0 Å². The Morgan fingerprint density at radius 3 is 2.56 bits per heavy atom. The van der Waals surface area contributed by atoms with Crippen molar-refractivity contribution in [3.05, 3.63) is 58.9 Å². The Bertz CT molecular complexity index is 849. The van der Waals surface area contributed by atoms with E-state index < -0.39 is 29.6 Å². The van der Waals surface area contributed by atoms with Crippen LogP contribution in [-0.4, -0.2) is 11.2 Å². The number of halogens is 3. The smallest absolute Gasteiger partial charge is 0.405 e. The van der Waals surface area contributed by atoms with E-state index in [9.17, 15) is 18.0 Å². The molecule has 2 aromatic carbocycles. The molecular weight excluding hydrogens is 331 g/mol. The Morgan fingerprint density at radius 2 is 1.88 bits per heavy atom. The quantitative estimate of drug-likeness (QED) is 0.745. The summed E-state index contributed by atoms with van der Waals surface area (Å²) in [7, 11) is 0. The number of amides is 1. The zero-order valence-corrected chi connectivity index (χ0v) is 13.9. The summed E-state index contributed by atoms with van der Waals surface area (Å²) in [6, 6.07) is 6.76. The van der Waals surface area contributed by atoms with E-state index in [1.54, 1.807) is 18.2 Å². The van der Waals surface area contributed by atoms with Crippen molar-refractivity contribution < 1.29 is 23.1 Å². The minimum atomic E-state index is -1.50. The van der Waals surface area contributed by atoms with Crippen LogP contribution in [0.25, 0.3) is 11.1 Å². The third-order valence-electron chi connectivity index (χ3n) is 4.89. The highest BCUT2D eigenvalue weighted by Crippen LogP contribution is 2.44. The second-order valence-corrected chi connectivity index (χ2v) is 7.01. The zero-order chi connectivity index (χ0) is 18.4. The summed E-state index contributed by atoms with van der Waals surface area (Å²) in [4.78, 5) is 11.1. The molecule has 0 bridgehead atoms. The fourth-order valence-electron chi connectivity index (χ4n) is 3.44. The highest BCUT2D eigenvalue weighted by Gasteiger charge is 2.37. The maximum atomic E-state index is 14.0. The molecule has 0 aliphatic heterocycles. The maximum Gasteiger partial charge on any atom is 0.405 e. The van der Waals surface area contributed by atoms with Crippen LogP contribution in [-0.2, 0) is 6.42 Å². The van der Waals surface area contributed by atoms with Gasteiger partial charge in [0.15, 0.2) is 17.5 Å². The van der Waals surface area contributed by atoms with Crippen molar-refractivity contribution in [1.82, 2.24) is 5.32 Å². The first-order valence-corrected chi connectivity index (χ1v) is 7.97. The summed E-state index contributed by atoms with van der Waals surface area (Å²) in [6.45, 7) is 3.97. The molecule has 2 aromatic rings. The van der Waals surface area contributed by atoms with Crippen molar-refractivity contribution in [3.8, 4) is 11.1 Å². The predicted molar refractivity (Wildman–Crippen MR) is 87.8 cm³/mol. The van der Waals surface area contributed by atoms with Crippen molar-refractivity contribution in [2.45, 2.75) is 32.7 Å². The minimum absolute atomic E-state index is 0.0192. The molecule has 3 rings (SSSR count). The van der Waals surface area contributed by atoms with Gasteiger partial charge >= 0.3 is 6.09 Å². The van der Waals surface area contributed by atoms with Crippen molar-refractivity contribution in [3.63, 3.8) is 0 Å². The van der Waals surface area contributed by atoms with Crippen molar-refractivity contribution in [1.29, 1.82) is 0 Å². The van der Waals surface area contributed by atoms with E-state index >= 15 is 0 Å². The lowest BCUT2D eigenvalue weighted by molar-refractivity contribution is 0.161. The predicted octanol–water partition coefficient (Wildman–Crippen LogP) is 5.05.